The van der Waals surface area contributed by atoms with Crippen molar-refractivity contribution in [3.63, 3.8) is 0 Å². The minimum absolute atomic E-state index is 0.0825. The normalized spacial score (nSPS) is 11.2. The quantitative estimate of drug-likeness (QED) is 0.904. The van der Waals surface area contributed by atoms with Gasteiger partial charge in [-0.3, -0.25) is 0 Å². The average Bonchev–Trinajstić information content (AvgIpc) is 2.92. The number of nitrogens with zero attached hydrogens (tertiary/aromatic N) is 3. The van der Waals surface area contributed by atoms with Crippen molar-refractivity contribution >= 4 is 21.6 Å². The average molecular weight is 311 g/mol. The molecule has 0 saturated heterocycles. The van der Waals surface area contributed by atoms with Crippen LogP contribution in [0, 0.1) is 11.3 Å². The Morgan fingerprint density at radius 1 is 1.45 bits per heavy atom. The van der Waals surface area contributed by atoms with Crippen LogP contribution in [0.15, 0.2) is 41.8 Å². The van der Waals surface area contributed by atoms with Gasteiger partial charge in [0.2, 0.25) is 10.0 Å². The van der Waals surface area contributed by atoms with Gasteiger partial charge in [0.1, 0.15) is 4.90 Å². The van der Waals surface area contributed by atoms with Crippen LogP contribution in [0.4, 0.5) is 0 Å². The summed E-state index contributed by atoms with van der Waals surface area (Å²) in [5.41, 5.74) is 0.240. The standard InChI is InChI=1S/C12H11ClN4O2S/c13-11-2-1-10(8-14)7-12(11)20(18,19)16-4-6-17-5-3-15-9-17/h1-3,5,7,9,16H,4,6H2. The summed E-state index contributed by atoms with van der Waals surface area (Å²) in [4.78, 5) is 3.77. The molecule has 0 aliphatic heterocycles. The van der Waals surface area contributed by atoms with E-state index in [1.807, 2.05) is 6.07 Å². The fourth-order valence-electron chi connectivity index (χ4n) is 1.58. The topological polar surface area (TPSA) is 87.8 Å². The zero-order valence-electron chi connectivity index (χ0n) is 10.3. The first-order valence-electron chi connectivity index (χ1n) is 5.68. The molecule has 1 N–H and O–H groups in total. The second-order valence-electron chi connectivity index (χ2n) is 3.96. The Morgan fingerprint density at radius 2 is 2.25 bits per heavy atom. The minimum Gasteiger partial charge on any atom is -0.336 e. The van der Waals surface area contributed by atoms with E-state index in [1.165, 1.54) is 18.2 Å². The van der Waals surface area contributed by atoms with E-state index in [4.69, 9.17) is 16.9 Å². The highest BCUT2D eigenvalue weighted by molar-refractivity contribution is 7.89. The smallest absolute Gasteiger partial charge is 0.242 e. The van der Waals surface area contributed by atoms with Crippen molar-refractivity contribution in [3.05, 3.63) is 47.5 Å². The molecule has 8 heteroatoms. The van der Waals surface area contributed by atoms with Gasteiger partial charge in [-0.05, 0) is 18.2 Å². The van der Waals surface area contributed by atoms with Gasteiger partial charge >= 0.3 is 0 Å². The number of imidazole rings is 1. The van der Waals surface area contributed by atoms with Crippen LogP contribution in [0.25, 0.3) is 0 Å². The van der Waals surface area contributed by atoms with Gasteiger partial charge in [0.15, 0.2) is 0 Å². The predicted octanol–water partition coefficient (Wildman–Crippen LogP) is 1.39. The summed E-state index contributed by atoms with van der Waals surface area (Å²) in [5, 5.41) is 8.88. The second-order valence-corrected chi connectivity index (χ2v) is 6.10. The third-order valence-electron chi connectivity index (χ3n) is 2.57. The molecule has 2 aromatic rings. The Morgan fingerprint density at radius 3 is 2.90 bits per heavy atom. The second kappa shape index (κ2) is 6.05. The van der Waals surface area contributed by atoms with Crippen molar-refractivity contribution in [1.29, 1.82) is 5.26 Å². The highest BCUT2D eigenvalue weighted by Crippen LogP contribution is 2.22. The van der Waals surface area contributed by atoms with Gasteiger partial charge in [0, 0.05) is 25.5 Å². The summed E-state index contributed by atoms with van der Waals surface area (Å²) in [6, 6.07) is 5.99. The van der Waals surface area contributed by atoms with E-state index >= 15 is 0 Å². The Labute approximate surface area is 121 Å². The highest BCUT2D eigenvalue weighted by Gasteiger charge is 2.18. The molecule has 0 spiro atoms. The van der Waals surface area contributed by atoms with Crippen LogP contribution in [-0.2, 0) is 16.6 Å². The van der Waals surface area contributed by atoms with Crippen molar-refractivity contribution in [2.75, 3.05) is 6.54 Å². The number of nitrogens with one attached hydrogen (secondary N) is 1. The van der Waals surface area contributed by atoms with E-state index in [2.05, 4.69) is 9.71 Å². The SMILES string of the molecule is N#Cc1ccc(Cl)c(S(=O)(=O)NCCn2ccnc2)c1. The van der Waals surface area contributed by atoms with Gasteiger partial charge in [-0.25, -0.2) is 18.1 Å². The maximum atomic E-state index is 12.1. The summed E-state index contributed by atoms with van der Waals surface area (Å²) in [7, 11) is -3.74. The molecule has 0 unspecified atom stereocenters. The third kappa shape index (κ3) is 3.36. The van der Waals surface area contributed by atoms with Crippen LogP contribution in [-0.4, -0.2) is 24.5 Å². The number of halogens is 1. The zero-order chi connectivity index (χ0) is 14.6. The fourth-order valence-corrected chi connectivity index (χ4v) is 3.13. The molecule has 104 valence electrons. The molecule has 0 amide bonds. The van der Waals surface area contributed by atoms with Crippen molar-refractivity contribution in [3.8, 4) is 6.07 Å². The molecule has 20 heavy (non-hydrogen) atoms. The van der Waals surface area contributed by atoms with Crippen LogP contribution in [0.3, 0.4) is 0 Å². The molecule has 1 heterocycles. The van der Waals surface area contributed by atoms with Gasteiger partial charge in [-0.2, -0.15) is 5.26 Å². The predicted molar refractivity (Wildman–Crippen MR) is 73.6 cm³/mol. The zero-order valence-corrected chi connectivity index (χ0v) is 11.9. The minimum atomic E-state index is -3.74. The lowest BCUT2D eigenvalue weighted by Gasteiger charge is -2.09. The summed E-state index contributed by atoms with van der Waals surface area (Å²) in [5.74, 6) is 0. The third-order valence-corrected chi connectivity index (χ3v) is 4.51. The Bertz CT molecular complexity index is 735. The van der Waals surface area contributed by atoms with Gasteiger partial charge < -0.3 is 4.57 Å². The summed E-state index contributed by atoms with van der Waals surface area (Å²) in [6.07, 6.45) is 4.94. The van der Waals surface area contributed by atoms with Gasteiger partial charge in [0.05, 0.1) is 23.0 Å². The molecule has 0 bridgehead atoms. The number of hydrogen-bond acceptors (Lipinski definition) is 4. The Hall–Kier alpha value is -1.88. The van der Waals surface area contributed by atoms with Gasteiger partial charge in [0.25, 0.3) is 0 Å². The van der Waals surface area contributed by atoms with Crippen molar-refractivity contribution < 1.29 is 8.42 Å². The molecular formula is C12H11ClN4O2S. The van der Waals surface area contributed by atoms with Crippen molar-refractivity contribution in [1.82, 2.24) is 14.3 Å². The number of rotatable bonds is 5. The van der Waals surface area contributed by atoms with Crippen LogP contribution in [0.2, 0.25) is 5.02 Å². The number of sulfonamides is 1. The van der Waals surface area contributed by atoms with Crippen molar-refractivity contribution in [2.45, 2.75) is 11.4 Å². The molecule has 0 radical (unpaired) electrons. The number of hydrogen-bond donors (Lipinski definition) is 1. The fraction of sp³-hybridized carbons (Fsp3) is 0.167. The molecule has 1 aromatic carbocycles. The lowest BCUT2D eigenvalue weighted by atomic mass is 10.2. The summed E-state index contributed by atoms with van der Waals surface area (Å²) < 4.78 is 28.4. The number of nitriles is 1. The van der Waals surface area contributed by atoms with E-state index in [9.17, 15) is 8.42 Å². The maximum absolute atomic E-state index is 12.1. The molecule has 6 nitrogen and oxygen atoms in total. The Balaban J connectivity index is 2.12. The van der Waals surface area contributed by atoms with E-state index in [-0.39, 0.29) is 22.0 Å². The molecule has 0 saturated carbocycles. The van der Waals surface area contributed by atoms with Crippen LogP contribution in [0.1, 0.15) is 5.56 Å². The van der Waals surface area contributed by atoms with Gasteiger partial charge in [-0.1, -0.05) is 11.6 Å². The van der Waals surface area contributed by atoms with E-state index in [0.717, 1.165) is 0 Å². The monoisotopic (exact) mass is 310 g/mol. The number of aromatic nitrogens is 2. The first-order chi connectivity index (χ1) is 9.53. The lowest BCUT2D eigenvalue weighted by Crippen LogP contribution is -2.27. The largest absolute Gasteiger partial charge is 0.336 e. The number of benzene rings is 1. The molecule has 1 aromatic heterocycles. The summed E-state index contributed by atoms with van der Waals surface area (Å²) >= 11 is 5.87. The Kier molecular flexibility index (Phi) is 4.39. The van der Waals surface area contributed by atoms with Gasteiger partial charge in [-0.15, -0.1) is 0 Å². The van der Waals surface area contributed by atoms with E-state index in [0.29, 0.717) is 6.54 Å². The molecule has 0 aliphatic carbocycles. The molecular weight excluding hydrogens is 300 g/mol. The van der Waals surface area contributed by atoms with E-state index < -0.39 is 10.0 Å². The van der Waals surface area contributed by atoms with Crippen molar-refractivity contribution in [2.24, 2.45) is 0 Å². The lowest BCUT2D eigenvalue weighted by molar-refractivity contribution is 0.573. The first kappa shape index (κ1) is 14.5. The molecule has 0 fully saturated rings. The molecule has 0 atom stereocenters. The highest BCUT2D eigenvalue weighted by atomic mass is 35.5. The first-order valence-corrected chi connectivity index (χ1v) is 7.54. The molecule has 0 aliphatic rings. The summed E-state index contributed by atoms with van der Waals surface area (Å²) in [6.45, 7) is 0.653. The van der Waals surface area contributed by atoms with Crippen LogP contribution >= 0.6 is 11.6 Å². The van der Waals surface area contributed by atoms with Crippen LogP contribution < -0.4 is 4.72 Å². The molecule has 2 rings (SSSR count). The van der Waals surface area contributed by atoms with E-state index in [1.54, 1.807) is 23.3 Å². The maximum Gasteiger partial charge on any atom is 0.242 e. The van der Waals surface area contributed by atoms with Crippen LogP contribution in [0.5, 0.6) is 0 Å².